The fourth-order valence-corrected chi connectivity index (χ4v) is 2.47. The van der Waals surface area contributed by atoms with Crippen molar-refractivity contribution in [2.45, 2.75) is 50.5 Å². The second kappa shape index (κ2) is 4.74. The Bertz CT molecular complexity index is 355. The van der Waals surface area contributed by atoms with E-state index in [4.69, 9.17) is 4.18 Å². The zero-order chi connectivity index (χ0) is 13.3. The Morgan fingerprint density at radius 2 is 1.82 bits per heavy atom. The third-order valence-corrected chi connectivity index (χ3v) is 4.20. The molecule has 17 heavy (non-hydrogen) atoms. The third kappa shape index (κ3) is 3.56. The summed E-state index contributed by atoms with van der Waals surface area (Å²) < 4.78 is 64.3. The molecule has 0 spiro atoms. The number of rotatable bonds is 3. The van der Waals surface area contributed by atoms with Gasteiger partial charge in [-0.2, -0.15) is 21.6 Å². The molecule has 0 radical (unpaired) electrons. The Balaban J connectivity index is 2.58. The van der Waals surface area contributed by atoms with Gasteiger partial charge in [0.15, 0.2) is 5.60 Å². The molecule has 1 rings (SSSR count). The first-order valence-electron chi connectivity index (χ1n) is 5.30. The molecule has 1 N–H and O–H groups in total. The minimum absolute atomic E-state index is 0.116. The van der Waals surface area contributed by atoms with Gasteiger partial charge < -0.3 is 5.11 Å². The van der Waals surface area contributed by atoms with Crippen molar-refractivity contribution in [1.29, 1.82) is 0 Å². The van der Waals surface area contributed by atoms with Gasteiger partial charge in [0.05, 0.1) is 11.9 Å². The minimum atomic E-state index is -4.68. The highest BCUT2D eigenvalue weighted by Crippen LogP contribution is 2.42. The summed E-state index contributed by atoms with van der Waals surface area (Å²) in [5.41, 5.74) is -2.71. The Morgan fingerprint density at radius 1 is 1.35 bits per heavy atom. The second-order valence-corrected chi connectivity index (χ2v) is 6.06. The molecule has 1 aliphatic carbocycles. The van der Waals surface area contributed by atoms with Crippen LogP contribution in [0.4, 0.5) is 13.2 Å². The monoisotopic (exact) mass is 276 g/mol. The van der Waals surface area contributed by atoms with Crippen LogP contribution in [-0.2, 0) is 14.3 Å². The van der Waals surface area contributed by atoms with Crippen molar-refractivity contribution in [3.63, 3.8) is 0 Å². The van der Waals surface area contributed by atoms with Crippen LogP contribution in [-0.4, -0.2) is 37.2 Å². The first kappa shape index (κ1) is 14.7. The summed E-state index contributed by atoms with van der Waals surface area (Å²) in [7, 11) is -3.65. The smallest absolute Gasteiger partial charge is 0.380 e. The summed E-state index contributed by atoms with van der Waals surface area (Å²) in [5.74, 6) is -0.215. The molecule has 0 saturated heterocycles. The Morgan fingerprint density at radius 3 is 2.18 bits per heavy atom. The van der Waals surface area contributed by atoms with Crippen molar-refractivity contribution in [3.8, 4) is 0 Å². The molecule has 0 aromatic rings. The quantitative estimate of drug-likeness (QED) is 0.795. The fraction of sp³-hybridized carbons (Fsp3) is 1.00. The van der Waals surface area contributed by atoms with Gasteiger partial charge in [0, 0.05) is 0 Å². The normalized spacial score (nSPS) is 31.5. The van der Waals surface area contributed by atoms with E-state index in [1.165, 1.54) is 6.92 Å². The summed E-state index contributed by atoms with van der Waals surface area (Å²) in [6.07, 6.45) is -6.73. The maximum absolute atomic E-state index is 12.4. The van der Waals surface area contributed by atoms with Crippen LogP contribution in [0.25, 0.3) is 0 Å². The molecule has 1 fully saturated rings. The van der Waals surface area contributed by atoms with Crippen molar-refractivity contribution >= 4 is 10.1 Å². The van der Waals surface area contributed by atoms with Gasteiger partial charge in [0.25, 0.3) is 10.1 Å². The molecule has 0 aliphatic heterocycles. The summed E-state index contributed by atoms with van der Waals surface area (Å²) in [6.45, 7) is 1.39. The molecule has 1 aliphatic rings. The predicted molar refractivity (Wildman–Crippen MR) is 53.8 cm³/mol. The molecule has 0 unspecified atom stereocenters. The van der Waals surface area contributed by atoms with E-state index in [0.717, 1.165) is 0 Å². The van der Waals surface area contributed by atoms with E-state index in [2.05, 4.69) is 0 Å². The Labute approximate surface area is 97.9 Å². The van der Waals surface area contributed by atoms with Gasteiger partial charge in [-0.15, -0.1) is 0 Å². The van der Waals surface area contributed by atoms with E-state index in [-0.39, 0.29) is 18.6 Å². The lowest BCUT2D eigenvalue weighted by atomic mass is 9.83. The Hall–Kier alpha value is -0.340. The van der Waals surface area contributed by atoms with Gasteiger partial charge >= 0.3 is 6.18 Å². The summed E-state index contributed by atoms with van der Waals surface area (Å²) >= 11 is 0. The molecule has 0 aromatic heterocycles. The van der Waals surface area contributed by atoms with Crippen LogP contribution in [0.1, 0.15) is 32.6 Å². The van der Waals surface area contributed by atoms with Crippen LogP contribution < -0.4 is 0 Å². The zero-order valence-corrected chi connectivity index (χ0v) is 10.1. The van der Waals surface area contributed by atoms with Crippen LogP contribution in [0.5, 0.6) is 0 Å². The number of halogens is 3. The van der Waals surface area contributed by atoms with E-state index in [1.54, 1.807) is 0 Å². The lowest BCUT2D eigenvalue weighted by Crippen LogP contribution is -2.49. The Kier molecular flexibility index (Phi) is 4.10. The van der Waals surface area contributed by atoms with Crippen molar-refractivity contribution in [1.82, 2.24) is 0 Å². The molecular formula is C9H15F3O4S. The average Bonchev–Trinajstić information content (AvgIpc) is 2.20. The number of hydrogen-bond acceptors (Lipinski definition) is 4. The largest absolute Gasteiger partial charge is 0.417 e. The number of alkyl halides is 3. The van der Waals surface area contributed by atoms with E-state index in [1.807, 2.05) is 0 Å². The van der Waals surface area contributed by atoms with Gasteiger partial charge in [-0.1, -0.05) is 0 Å². The molecule has 0 aromatic carbocycles. The molecule has 0 bridgehead atoms. The van der Waals surface area contributed by atoms with Gasteiger partial charge in [0.2, 0.25) is 0 Å². The van der Waals surface area contributed by atoms with Gasteiger partial charge in [0.1, 0.15) is 0 Å². The maximum atomic E-state index is 12.4. The summed E-state index contributed by atoms with van der Waals surface area (Å²) in [6, 6.07) is 0. The second-order valence-electron chi connectivity index (χ2n) is 4.17. The SMILES string of the molecule is CCS(=O)(=O)OC1CCC(O)(C(F)(F)F)CC1. The lowest BCUT2D eigenvalue weighted by Gasteiger charge is -2.36. The van der Waals surface area contributed by atoms with Crippen LogP contribution in [0, 0.1) is 0 Å². The van der Waals surface area contributed by atoms with Gasteiger partial charge in [-0.05, 0) is 32.6 Å². The minimum Gasteiger partial charge on any atom is -0.380 e. The van der Waals surface area contributed by atoms with Crippen LogP contribution in [0.2, 0.25) is 0 Å². The van der Waals surface area contributed by atoms with E-state index >= 15 is 0 Å². The van der Waals surface area contributed by atoms with Crippen molar-refractivity contribution < 1.29 is 30.9 Å². The summed E-state index contributed by atoms with van der Waals surface area (Å²) in [4.78, 5) is 0. The number of hydrogen-bond donors (Lipinski definition) is 1. The van der Waals surface area contributed by atoms with Crippen molar-refractivity contribution in [2.75, 3.05) is 5.75 Å². The first-order chi connectivity index (χ1) is 7.60. The highest BCUT2D eigenvalue weighted by molar-refractivity contribution is 7.86. The third-order valence-electron chi connectivity index (χ3n) is 2.92. The van der Waals surface area contributed by atoms with Crippen molar-refractivity contribution in [2.24, 2.45) is 0 Å². The first-order valence-corrected chi connectivity index (χ1v) is 6.87. The fourth-order valence-electron chi connectivity index (χ4n) is 1.72. The summed E-state index contributed by atoms with van der Waals surface area (Å²) in [5, 5.41) is 9.35. The lowest BCUT2D eigenvalue weighted by molar-refractivity contribution is -0.272. The maximum Gasteiger partial charge on any atom is 0.417 e. The molecule has 102 valence electrons. The standard InChI is InChI=1S/C9H15F3O4S/c1-2-17(14,15)16-7-3-5-8(13,6-4-7)9(10,11)12/h7,13H,2-6H2,1H3. The molecule has 8 heteroatoms. The van der Waals surface area contributed by atoms with Crippen LogP contribution >= 0.6 is 0 Å². The molecule has 0 atom stereocenters. The molecule has 1 saturated carbocycles. The molecule has 0 amide bonds. The van der Waals surface area contributed by atoms with E-state index in [9.17, 15) is 26.7 Å². The topological polar surface area (TPSA) is 63.6 Å². The van der Waals surface area contributed by atoms with Gasteiger partial charge in [-0.3, -0.25) is 4.18 Å². The average molecular weight is 276 g/mol. The molecule has 4 nitrogen and oxygen atoms in total. The molecule has 0 heterocycles. The number of aliphatic hydroxyl groups is 1. The van der Waals surface area contributed by atoms with Crippen LogP contribution in [0.15, 0.2) is 0 Å². The zero-order valence-electron chi connectivity index (χ0n) is 9.33. The van der Waals surface area contributed by atoms with Crippen LogP contribution in [0.3, 0.4) is 0 Å². The van der Waals surface area contributed by atoms with Crippen molar-refractivity contribution in [3.05, 3.63) is 0 Å². The highest BCUT2D eigenvalue weighted by Gasteiger charge is 2.55. The highest BCUT2D eigenvalue weighted by atomic mass is 32.2. The van der Waals surface area contributed by atoms with E-state index in [0.29, 0.717) is 0 Å². The van der Waals surface area contributed by atoms with Gasteiger partial charge in [-0.25, -0.2) is 0 Å². The molecular weight excluding hydrogens is 261 g/mol. The van der Waals surface area contributed by atoms with E-state index < -0.39 is 40.8 Å². The predicted octanol–water partition coefficient (Wildman–Crippen LogP) is 1.59.